The third kappa shape index (κ3) is 2.56. The quantitative estimate of drug-likeness (QED) is 0.657. The number of rotatable bonds is 4. The lowest BCUT2D eigenvalue weighted by Gasteiger charge is -2.61. The maximum Gasteiger partial charge on any atom is 0.103 e. The molecule has 8 heteroatoms. The van der Waals surface area contributed by atoms with E-state index in [-0.39, 0.29) is 17.2 Å². The molecule has 2 aromatic heterocycles. The van der Waals surface area contributed by atoms with Crippen molar-refractivity contribution in [1.29, 1.82) is 0 Å². The highest BCUT2D eigenvalue weighted by atomic mass is 35.5. The van der Waals surface area contributed by atoms with E-state index in [1.807, 2.05) is 23.1 Å². The van der Waals surface area contributed by atoms with Gasteiger partial charge >= 0.3 is 0 Å². The van der Waals surface area contributed by atoms with Crippen LogP contribution in [0.5, 0.6) is 0 Å². The average molecular weight is 453 g/mol. The van der Waals surface area contributed by atoms with Gasteiger partial charge in [0.05, 0.1) is 46.5 Å². The van der Waals surface area contributed by atoms with Crippen LogP contribution < -0.4 is 4.90 Å². The molecule has 1 aromatic carbocycles. The fourth-order valence-electron chi connectivity index (χ4n) is 6.40. The van der Waals surface area contributed by atoms with Crippen molar-refractivity contribution in [3.63, 3.8) is 0 Å². The number of benzene rings is 1. The number of aliphatic hydroxyl groups is 1. The molecule has 1 N–H and O–H groups in total. The van der Waals surface area contributed by atoms with Gasteiger partial charge in [-0.1, -0.05) is 11.6 Å². The van der Waals surface area contributed by atoms with E-state index in [1.54, 1.807) is 0 Å². The van der Waals surface area contributed by atoms with Crippen LogP contribution in [0.15, 0.2) is 30.7 Å². The average Bonchev–Trinajstić information content (AvgIpc) is 3.36. The Bertz CT molecular complexity index is 1190. The summed E-state index contributed by atoms with van der Waals surface area (Å²) in [6.07, 6.45) is 11.6. The summed E-state index contributed by atoms with van der Waals surface area (Å²) in [5, 5.41) is 21.4. The molecule has 8 rings (SSSR count). The molecule has 2 bridgehead atoms. The van der Waals surface area contributed by atoms with Gasteiger partial charge in [0.15, 0.2) is 0 Å². The van der Waals surface area contributed by atoms with Gasteiger partial charge in [-0.25, -0.2) is 4.68 Å². The maximum absolute atomic E-state index is 10.3. The molecule has 32 heavy (non-hydrogen) atoms. The molecule has 0 radical (unpaired) electrons. The normalized spacial score (nSPS) is 34.3. The Morgan fingerprint density at radius 1 is 1.06 bits per heavy atom. The fraction of sp³-hybridized carbons (Fsp3) is 0.583. The van der Waals surface area contributed by atoms with Crippen LogP contribution in [0.25, 0.3) is 16.6 Å². The molecule has 2 unspecified atom stereocenters. The zero-order valence-corrected chi connectivity index (χ0v) is 19.2. The molecule has 1 saturated heterocycles. The second-order valence-electron chi connectivity index (χ2n) is 10.7. The first-order valence-corrected chi connectivity index (χ1v) is 12.2. The first kappa shape index (κ1) is 19.4. The Morgan fingerprint density at radius 2 is 1.84 bits per heavy atom. The first-order valence-electron chi connectivity index (χ1n) is 11.9. The van der Waals surface area contributed by atoms with Crippen LogP contribution in [-0.2, 0) is 5.54 Å². The molecule has 5 fully saturated rings. The summed E-state index contributed by atoms with van der Waals surface area (Å²) in [5.74, 6) is 0.925. The molecule has 3 aromatic rings. The number of nitrogens with zero attached hydrogens (tertiary/aromatic N) is 6. The molecule has 4 saturated carbocycles. The summed E-state index contributed by atoms with van der Waals surface area (Å²) in [7, 11) is 0. The minimum Gasteiger partial charge on any atom is -0.391 e. The van der Waals surface area contributed by atoms with E-state index >= 15 is 0 Å². The highest BCUT2D eigenvalue weighted by Crippen LogP contribution is 2.62. The predicted octanol–water partition coefficient (Wildman–Crippen LogP) is 3.42. The lowest BCUT2D eigenvalue weighted by Crippen LogP contribution is -2.65. The van der Waals surface area contributed by atoms with Crippen molar-refractivity contribution in [3.05, 3.63) is 35.7 Å². The van der Waals surface area contributed by atoms with E-state index in [2.05, 4.69) is 43.9 Å². The van der Waals surface area contributed by atoms with Gasteiger partial charge in [0, 0.05) is 37.1 Å². The molecule has 1 aliphatic heterocycles. The fourth-order valence-corrected chi connectivity index (χ4v) is 6.69. The Hall–Kier alpha value is -2.09. The van der Waals surface area contributed by atoms with Crippen LogP contribution in [0.1, 0.15) is 39.0 Å². The number of hydrogen-bond donors (Lipinski definition) is 1. The predicted molar refractivity (Wildman–Crippen MR) is 125 cm³/mol. The zero-order chi connectivity index (χ0) is 21.7. The molecule has 4 aliphatic carbocycles. The van der Waals surface area contributed by atoms with E-state index in [1.165, 1.54) is 19.3 Å². The van der Waals surface area contributed by atoms with Crippen molar-refractivity contribution in [2.45, 2.75) is 56.2 Å². The van der Waals surface area contributed by atoms with Crippen molar-refractivity contribution in [2.75, 3.05) is 31.1 Å². The van der Waals surface area contributed by atoms with Gasteiger partial charge in [-0.05, 0) is 57.1 Å². The van der Waals surface area contributed by atoms with Gasteiger partial charge in [-0.3, -0.25) is 9.58 Å². The lowest BCUT2D eigenvalue weighted by atomic mass is 9.50. The third-order valence-electron chi connectivity index (χ3n) is 8.93. The zero-order valence-electron chi connectivity index (χ0n) is 18.4. The van der Waals surface area contributed by atoms with Crippen LogP contribution in [0, 0.1) is 5.92 Å². The molecule has 2 atom stereocenters. The van der Waals surface area contributed by atoms with E-state index in [0.717, 1.165) is 72.2 Å². The SMILES string of the molecule is CC1(N2CCN(c3cc4c(cnn4-c4cnn(C56CC(C5)C6)c4)cc3Cl)CC2)CCC1O. The lowest BCUT2D eigenvalue weighted by molar-refractivity contribution is -0.0977. The second-order valence-corrected chi connectivity index (χ2v) is 11.1. The highest BCUT2D eigenvalue weighted by molar-refractivity contribution is 6.34. The van der Waals surface area contributed by atoms with E-state index in [4.69, 9.17) is 11.6 Å². The van der Waals surface area contributed by atoms with Crippen LogP contribution in [-0.4, -0.2) is 67.4 Å². The summed E-state index contributed by atoms with van der Waals surface area (Å²) >= 11 is 6.73. The molecule has 0 amide bonds. The topological polar surface area (TPSA) is 62.3 Å². The smallest absolute Gasteiger partial charge is 0.103 e. The number of anilines is 1. The number of aliphatic hydroxyl groups excluding tert-OH is 1. The summed E-state index contributed by atoms with van der Waals surface area (Å²) in [6.45, 7) is 5.89. The summed E-state index contributed by atoms with van der Waals surface area (Å²) in [5.41, 5.74) is 3.36. The Labute approximate surface area is 192 Å². The number of piperazine rings is 1. The van der Waals surface area contributed by atoms with Gasteiger partial charge < -0.3 is 10.0 Å². The first-order chi connectivity index (χ1) is 15.5. The maximum atomic E-state index is 10.3. The van der Waals surface area contributed by atoms with Crippen LogP contribution in [0.2, 0.25) is 5.02 Å². The van der Waals surface area contributed by atoms with E-state index < -0.39 is 0 Å². The molecular formula is C24H29ClN6O. The Balaban J connectivity index is 1.17. The van der Waals surface area contributed by atoms with Gasteiger partial charge in [0.25, 0.3) is 0 Å². The second kappa shape index (κ2) is 6.49. The largest absolute Gasteiger partial charge is 0.391 e. The Kier molecular flexibility index (Phi) is 3.93. The van der Waals surface area contributed by atoms with Crippen LogP contribution >= 0.6 is 11.6 Å². The van der Waals surface area contributed by atoms with E-state index in [0.29, 0.717) is 0 Å². The van der Waals surface area contributed by atoms with Crippen LogP contribution in [0.4, 0.5) is 5.69 Å². The third-order valence-corrected chi connectivity index (χ3v) is 9.23. The van der Waals surface area contributed by atoms with Crippen LogP contribution in [0.3, 0.4) is 0 Å². The van der Waals surface area contributed by atoms with Gasteiger partial charge in [0.2, 0.25) is 0 Å². The van der Waals surface area contributed by atoms with E-state index in [9.17, 15) is 5.11 Å². The number of aromatic nitrogens is 4. The molecule has 3 heterocycles. The molecule has 168 valence electrons. The molecule has 0 spiro atoms. The van der Waals surface area contributed by atoms with Gasteiger partial charge in [-0.2, -0.15) is 10.2 Å². The van der Waals surface area contributed by atoms with Crippen molar-refractivity contribution < 1.29 is 5.11 Å². The minimum absolute atomic E-state index is 0.0565. The molecule has 7 nitrogen and oxygen atoms in total. The van der Waals surface area contributed by atoms with Crippen molar-refractivity contribution >= 4 is 28.2 Å². The monoisotopic (exact) mass is 452 g/mol. The number of hydrogen-bond acceptors (Lipinski definition) is 5. The molecule has 5 aliphatic rings. The Morgan fingerprint density at radius 3 is 2.47 bits per heavy atom. The number of fused-ring (bicyclic) bond motifs is 1. The van der Waals surface area contributed by atoms with Crippen molar-refractivity contribution in [2.24, 2.45) is 5.92 Å². The summed E-state index contributed by atoms with van der Waals surface area (Å²) in [4.78, 5) is 4.82. The number of halogens is 1. The van der Waals surface area contributed by atoms with Crippen molar-refractivity contribution in [1.82, 2.24) is 24.5 Å². The van der Waals surface area contributed by atoms with Gasteiger partial charge in [0.1, 0.15) is 5.69 Å². The minimum atomic E-state index is -0.199. The summed E-state index contributed by atoms with van der Waals surface area (Å²) < 4.78 is 4.16. The highest BCUT2D eigenvalue weighted by Gasteiger charge is 2.58. The molecular weight excluding hydrogens is 424 g/mol. The standard InChI is InChI=1S/C24H29ClN6O/c1-23(3-2-22(23)32)29-6-4-28(5-7-29)21-9-20-17(8-19(21)25)13-27-31(20)18-14-26-30(15-18)24-10-16(11-24)12-24/h8-9,13-16,22,32H,2-7,10-12H2,1H3. The summed E-state index contributed by atoms with van der Waals surface area (Å²) in [6, 6.07) is 4.21. The van der Waals surface area contributed by atoms with Gasteiger partial charge in [-0.15, -0.1) is 0 Å². The van der Waals surface area contributed by atoms with Crippen molar-refractivity contribution in [3.8, 4) is 5.69 Å².